The lowest BCUT2D eigenvalue weighted by Gasteiger charge is -2.23. The van der Waals surface area contributed by atoms with Crippen molar-refractivity contribution in [1.82, 2.24) is 4.90 Å². The van der Waals surface area contributed by atoms with Crippen LogP contribution in [0.4, 0.5) is 0 Å². The monoisotopic (exact) mass is 309 g/mol. The molecule has 0 fully saturated rings. The number of hydrogen-bond acceptors (Lipinski definition) is 1. The molecule has 122 valence electrons. The summed E-state index contributed by atoms with van der Waals surface area (Å²) in [4.78, 5) is 14.9. The molecule has 0 N–H and O–H groups in total. The Balaban J connectivity index is 2.57. The molecule has 23 heavy (non-hydrogen) atoms. The number of aryl methyl sites for hydroxylation is 2. The van der Waals surface area contributed by atoms with E-state index in [-0.39, 0.29) is 5.91 Å². The van der Waals surface area contributed by atoms with Gasteiger partial charge in [-0.05, 0) is 48.9 Å². The molecule has 0 aliphatic carbocycles. The average molecular weight is 309 g/mol. The summed E-state index contributed by atoms with van der Waals surface area (Å²) in [6.07, 6.45) is 1.74. The molecule has 0 aliphatic rings. The molecule has 0 saturated carbocycles. The number of hydrogen-bond donors (Lipinski definition) is 0. The highest BCUT2D eigenvalue weighted by molar-refractivity contribution is 5.98. The predicted molar refractivity (Wildman–Crippen MR) is 97.9 cm³/mol. The summed E-state index contributed by atoms with van der Waals surface area (Å²) >= 11 is 0. The topological polar surface area (TPSA) is 20.3 Å². The minimum atomic E-state index is 0.170. The van der Waals surface area contributed by atoms with Crippen molar-refractivity contribution < 1.29 is 4.79 Å². The molecule has 0 heterocycles. The maximum Gasteiger partial charge on any atom is 0.254 e. The Morgan fingerprint density at radius 2 is 1.35 bits per heavy atom. The van der Waals surface area contributed by atoms with Gasteiger partial charge in [-0.1, -0.05) is 56.3 Å². The van der Waals surface area contributed by atoms with Crippen LogP contribution < -0.4 is 0 Å². The molecule has 0 aromatic heterocycles. The van der Waals surface area contributed by atoms with Crippen LogP contribution in [-0.2, 0) is 12.8 Å². The fourth-order valence-corrected chi connectivity index (χ4v) is 3.07. The van der Waals surface area contributed by atoms with Crippen LogP contribution in [0.1, 0.15) is 49.2 Å². The molecular formula is C21H27NO. The third-order valence-electron chi connectivity index (χ3n) is 4.44. The Bertz CT molecular complexity index is 632. The van der Waals surface area contributed by atoms with E-state index in [0.29, 0.717) is 0 Å². The third kappa shape index (κ3) is 3.64. The van der Waals surface area contributed by atoms with Gasteiger partial charge < -0.3 is 4.90 Å². The van der Waals surface area contributed by atoms with E-state index in [2.05, 4.69) is 50.2 Å². The van der Waals surface area contributed by atoms with E-state index in [9.17, 15) is 4.79 Å². The smallest absolute Gasteiger partial charge is 0.254 e. The van der Waals surface area contributed by atoms with Gasteiger partial charge in [-0.25, -0.2) is 0 Å². The molecule has 2 aromatic rings. The lowest BCUT2D eigenvalue weighted by Crippen LogP contribution is -2.32. The Hall–Kier alpha value is -2.09. The Morgan fingerprint density at radius 1 is 0.826 bits per heavy atom. The number of nitrogens with zero attached hydrogens (tertiary/aromatic N) is 1. The van der Waals surface area contributed by atoms with E-state index >= 15 is 0 Å². The molecule has 2 aromatic carbocycles. The fourth-order valence-electron chi connectivity index (χ4n) is 3.07. The van der Waals surface area contributed by atoms with E-state index in [1.165, 1.54) is 11.1 Å². The van der Waals surface area contributed by atoms with E-state index < -0.39 is 0 Å². The van der Waals surface area contributed by atoms with Crippen molar-refractivity contribution in [3.05, 3.63) is 59.2 Å². The molecule has 0 atom stereocenters. The standard InChI is InChI=1S/C21H27NO/c1-5-16-14-19(18-12-10-9-11-13-18)15-17(6-2)20(16)21(23)22(7-3)8-4/h9-15H,5-8H2,1-4H3. The average Bonchev–Trinajstić information content (AvgIpc) is 2.62. The SMILES string of the molecule is CCc1cc(-c2ccccc2)cc(CC)c1C(=O)N(CC)CC. The first-order chi connectivity index (χ1) is 11.2. The van der Waals surface area contributed by atoms with Crippen molar-refractivity contribution >= 4 is 5.91 Å². The van der Waals surface area contributed by atoms with Crippen molar-refractivity contribution in [2.24, 2.45) is 0 Å². The summed E-state index contributed by atoms with van der Waals surface area (Å²) in [5.74, 6) is 0.170. The normalized spacial score (nSPS) is 10.6. The van der Waals surface area contributed by atoms with Crippen LogP contribution in [0.5, 0.6) is 0 Å². The Morgan fingerprint density at radius 3 is 1.78 bits per heavy atom. The number of benzene rings is 2. The van der Waals surface area contributed by atoms with Gasteiger partial charge in [0.25, 0.3) is 5.91 Å². The number of carbonyl (C=O) groups excluding carboxylic acids is 1. The first kappa shape index (κ1) is 17.3. The van der Waals surface area contributed by atoms with Crippen LogP contribution in [-0.4, -0.2) is 23.9 Å². The van der Waals surface area contributed by atoms with Crippen LogP contribution in [0.15, 0.2) is 42.5 Å². The van der Waals surface area contributed by atoms with Gasteiger partial charge in [0.1, 0.15) is 0 Å². The molecule has 0 bridgehead atoms. The summed E-state index contributed by atoms with van der Waals surface area (Å²) in [6, 6.07) is 14.8. The van der Waals surface area contributed by atoms with Crippen LogP contribution in [0.25, 0.3) is 11.1 Å². The molecule has 0 radical (unpaired) electrons. The maximum absolute atomic E-state index is 12.9. The zero-order valence-corrected chi connectivity index (χ0v) is 14.7. The van der Waals surface area contributed by atoms with Crippen molar-refractivity contribution in [3.63, 3.8) is 0 Å². The quantitative estimate of drug-likeness (QED) is 0.738. The van der Waals surface area contributed by atoms with Gasteiger partial charge in [0.15, 0.2) is 0 Å². The molecule has 0 spiro atoms. The number of amides is 1. The molecule has 1 amide bonds. The lowest BCUT2D eigenvalue weighted by molar-refractivity contribution is 0.0771. The van der Waals surface area contributed by atoms with Crippen LogP contribution in [0.2, 0.25) is 0 Å². The summed E-state index contributed by atoms with van der Waals surface area (Å²) in [5, 5.41) is 0. The molecule has 0 unspecified atom stereocenters. The predicted octanol–water partition coefficient (Wildman–Crippen LogP) is 4.96. The second-order valence-electron chi connectivity index (χ2n) is 5.72. The molecular weight excluding hydrogens is 282 g/mol. The number of rotatable bonds is 6. The lowest BCUT2D eigenvalue weighted by atomic mass is 9.91. The van der Waals surface area contributed by atoms with Crippen molar-refractivity contribution in [2.75, 3.05) is 13.1 Å². The second kappa shape index (κ2) is 7.96. The van der Waals surface area contributed by atoms with Gasteiger partial charge >= 0.3 is 0 Å². The first-order valence-corrected chi connectivity index (χ1v) is 8.66. The molecule has 0 saturated heterocycles. The maximum atomic E-state index is 12.9. The highest BCUT2D eigenvalue weighted by Gasteiger charge is 2.20. The van der Waals surface area contributed by atoms with Gasteiger partial charge in [-0.15, -0.1) is 0 Å². The molecule has 0 aliphatic heterocycles. The van der Waals surface area contributed by atoms with Crippen LogP contribution >= 0.6 is 0 Å². The van der Waals surface area contributed by atoms with E-state index in [1.54, 1.807) is 0 Å². The van der Waals surface area contributed by atoms with E-state index in [4.69, 9.17) is 0 Å². The van der Waals surface area contributed by atoms with Gasteiger partial charge in [0, 0.05) is 18.7 Å². The Labute approximate surface area is 140 Å². The zero-order chi connectivity index (χ0) is 16.8. The summed E-state index contributed by atoms with van der Waals surface area (Å²) in [5.41, 5.74) is 5.63. The number of carbonyl (C=O) groups is 1. The zero-order valence-electron chi connectivity index (χ0n) is 14.7. The van der Waals surface area contributed by atoms with Crippen molar-refractivity contribution in [1.29, 1.82) is 0 Å². The van der Waals surface area contributed by atoms with Crippen LogP contribution in [0, 0.1) is 0 Å². The summed E-state index contributed by atoms with van der Waals surface area (Å²) in [7, 11) is 0. The van der Waals surface area contributed by atoms with Crippen LogP contribution in [0.3, 0.4) is 0 Å². The van der Waals surface area contributed by atoms with E-state index in [1.807, 2.05) is 24.8 Å². The first-order valence-electron chi connectivity index (χ1n) is 8.66. The fraction of sp³-hybridized carbons (Fsp3) is 0.381. The van der Waals surface area contributed by atoms with Gasteiger partial charge in [0.05, 0.1) is 0 Å². The van der Waals surface area contributed by atoms with Crippen molar-refractivity contribution in [2.45, 2.75) is 40.5 Å². The summed E-state index contributed by atoms with van der Waals surface area (Å²) in [6.45, 7) is 9.84. The third-order valence-corrected chi connectivity index (χ3v) is 4.44. The molecule has 2 nitrogen and oxygen atoms in total. The van der Waals surface area contributed by atoms with E-state index in [0.717, 1.165) is 42.6 Å². The van der Waals surface area contributed by atoms with Crippen molar-refractivity contribution in [3.8, 4) is 11.1 Å². The minimum absolute atomic E-state index is 0.170. The molecule has 2 heteroatoms. The minimum Gasteiger partial charge on any atom is -0.339 e. The highest BCUT2D eigenvalue weighted by atomic mass is 16.2. The van der Waals surface area contributed by atoms with Gasteiger partial charge in [-0.3, -0.25) is 4.79 Å². The second-order valence-corrected chi connectivity index (χ2v) is 5.72. The highest BCUT2D eigenvalue weighted by Crippen LogP contribution is 2.27. The summed E-state index contributed by atoms with van der Waals surface area (Å²) < 4.78 is 0. The Kier molecular flexibility index (Phi) is 5.97. The van der Waals surface area contributed by atoms with Gasteiger partial charge in [-0.2, -0.15) is 0 Å². The largest absolute Gasteiger partial charge is 0.339 e. The molecule has 2 rings (SSSR count). The van der Waals surface area contributed by atoms with Gasteiger partial charge in [0.2, 0.25) is 0 Å².